The summed E-state index contributed by atoms with van der Waals surface area (Å²) in [7, 11) is -3.48. The number of hydrogen-bond acceptors (Lipinski definition) is 2. The highest BCUT2D eigenvalue weighted by Gasteiger charge is 2.17. The van der Waals surface area contributed by atoms with E-state index in [1.807, 2.05) is 30.3 Å². The zero-order valence-corrected chi connectivity index (χ0v) is 14.3. The molecule has 0 atom stereocenters. The summed E-state index contributed by atoms with van der Waals surface area (Å²) in [6.07, 6.45) is 1.79. The zero-order chi connectivity index (χ0) is 17.7. The van der Waals surface area contributed by atoms with Crippen LogP contribution in [0.2, 0.25) is 0 Å². The van der Waals surface area contributed by atoms with Crippen LogP contribution in [-0.4, -0.2) is 14.2 Å². The molecular weight excluding hydrogens is 335 g/mol. The van der Waals surface area contributed by atoms with E-state index in [1.54, 1.807) is 48.5 Å². The third-order valence-corrected chi connectivity index (χ3v) is 5.48. The van der Waals surface area contributed by atoms with Gasteiger partial charge in [-0.25, -0.2) is 12.8 Å². The van der Waals surface area contributed by atoms with Crippen molar-refractivity contribution in [1.29, 1.82) is 0 Å². The van der Waals surface area contributed by atoms with Crippen molar-refractivity contribution < 1.29 is 12.8 Å². The topological polar surface area (TPSA) is 34.1 Å². The summed E-state index contributed by atoms with van der Waals surface area (Å²) < 4.78 is 38.6. The molecule has 0 aromatic heterocycles. The molecule has 2 nitrogen and oxygen atoms in total. The van der Waals surface area contributed by atoms with Crippen LogP contribution < -0.4 is 0 Å². The zero-order valence-electron chi connectivity index (χ0n) is 13.5. The smallest absolute Gasteiger partial charge is 0.182 e. The first-order valence-corrected chi connectivity index (χ1v) is 9.49. The Balaban J connectivity index is 2.02. The lowest BCUT2D eigenvalue weighted by atomic mass is 10.0. The summed E-state index contributed by atoms with van der Waals surface area (Å²) in [5.74, 6) is -0.450. The number of benzene rings is 3. The standard InChI is InChI=1S/C21H17FO2S/c22-20-13-11-17(12-14-20)15-19(18-7-3-1-4-8-18)16-25(23,24)21-9-5-2-6-10-21/h1-15H,16H2/b19-15+. The van der Waals surface area contributed by atoms with Crippen molar-refractivity contribution in [3.05, 3.63) is 102 Å². The maximum absolute atomic E-state index is 13.1. The Labute approximate surface area is 147 Å². The van der Waals surface area contributed by atoms with Crippen molar-refractivity contribution in [1.82, 2.24) is 0 Å². The summed E-state index contributed by atoms with van der Waals surface area (Å²) in [5, 5.41) is 0. The van der Waals surface area contributed by atoms with E-state index in [0.717, 1.165) is 11.1 Å². The van der Waals surface area contributed by atoms with Crippen LogP contribution in [0.25, 0.3) is 11.6 Å². The van der Waals surface area contributed by atoms with Gasteiger partial charge in [-0.05, 0) is 41.0 Å². The van der Waals surface area contributed by atoms with Gasteiger partial charge in [-0.2, -0.15) is 0 Å². The first-order chi connectivity index (χ1) is 12.0. The van der Waals surface area contributed by atoms with Gasteiger partial charge in [0.05, 0.1) is 10.6 Å². The van der Waals surface area contributed by atoms with Crippen molar-refractivity contribution in [2.24, 2.45) is 0 Å². The van der Waals surface area contributed by atoms with Gasteiger partial charge in [0.15, 0.2) is 9.84 Å². The van der Waals surface area contributed by atoms with Crippen LogP contribution in [0, 0.1) is 5.82 Å². The summed E-state index contributed by atoms with van der Waals surface area (Å²) in [4.78, 5) is 0.288. The summed E-state index contributed by atoms with van der Waals surface area (Å²) in [6.45, 7) is 0. The quantitative estimate of drug-likeness (QED) is 0.616. The molecule has 0 spiro atoms. The van der Waals surface area contributed by atoms with Gasteiger partial charge in [-0.15, -0.1) is 0 Å². The van der Waals surface area contributed by atoms with Crippen LogP contribution in [-0.2, 0) is 9.84 Å². The molecule has 0 fully saturated rings. The van der Waals surface area contributed by atoms with E-state index in [0.29, 0.717) is 5.57 Å². The fourth-order valence-electron chi connectivity index (χ4n) is 2.54. The Hall–Kier alpha value is -2.72. The SMILES string of the molecule is O=S(=O)(C/C(=C\c1ccc(F)cc1)c1ccccc1)c1ccccc1. The molecule has 0 saturated carbocycles. The Morgan fingerprint density at radius 3 is 1.96 bits per heavy atom. The predicted octanol–water partition coefficient (Wildman–Crippen LogP) is 4.84. The molecule has 4 heteroatoms. The van der Waals surface area contributed by atoms with E-state index in [2.05, 4.69) is 0 Å². The van der Waals surface area contributed by atoms with Crippen LogP contribution in [0.15, 0.2) is 89.8 Å². The highest BCUT2D eigenvalue weighted by molar-refractivity contribution is 7.91. The summed E-state index contributed by atoms with van der Waals surface area (Å²) in [5.41, 5.74) is 2.24. The fraction of sp³-hybridized carbons (Fsp3) is 0.0476. The van der Waals surface area contributed by atoms with Gasteiger partial charge in [0.2, 0.25) is 0 Å². The van der Waals surface area contributed by atoms with E-state index < -0.39 is 9.84 Å². The van der Waals surface area contributed by atoms with Crippen LogP contribution >= 0.6 is 0 Å². The van der Waals surface area contributed by atoms with Crippen molar-refractivity contribution >= 4 is 21.5 Å². The van der Waals surface area contributed by atoms with E-state index in [-0.39, 0.29) is 16.5 Å². The minimum atomic E-state index is -3.48. The molecule has 0 heterocycles. The first kappa shape index (κ1) is 17.1. The molecule has 25 heavy (non-hydrogen) atoms. The third kappa shape index (κ3) is 4.43. The fourth-order valence-corrected chi connectivity index (χ4v) is 3.93. The number of halogens is 1. The molecular formula is C21H17FO2S. The molecule has 3 aromatic carbocycles. The van der Waals surface area contributed by atoms with Crippen LogP contribution in [0.5, 0.6) is 0 Å². The lowest BCUT2D eigenvalue weighted by Crippen LogP contribution is -2.08. The molecule has 3 aromatic rings. The lowest BCUT2D eigenvalue weighted by molar-refractivity contribution is 0.599. The molecule has 0 aliphatic heterocycles. The average molecular weight is 352 g/mol. The van der Waals surface area contributed by atoms with Crippen LogP contribution in [0.3, 0.4) is 0 Å². The van der Waals surface area contributed by atoms with E-state index in [4.69, 9.17) is 0 Å². The molecule has 0 saturated heterocycles. The summed E-state index contributed by atoms with van der Waals surface area (Å²) in [6, 6.07) is 23.7. The highest BCUT2D eigenvalue weighted by atomic mass is 32.2. The van der Waals surface area contributed by atoms with Gasteiger partial charge in [0, 0.05) is 0 Å². The second-order valence-electron chi connectivity index (χ2n) is 5.66. The van der Waals surface area contributed by atoms with Gasteiger partial charge in [-0.1, -0.05) is 66.7 Å². The van der Waals surface area contributed by atoms with Gasteiger partial charge < -0.3 is 0 Å². The number of hydrogen-bond donors (Lipinski definition) is 0. The molecule has 126 valence electrons. The molecule has 0 bridgehead atoms. The van der Waals surface area contributed by atoms with Crippen molar-refractivity contribution in [3.63, 3.8) is 0 Å². The third-order valence-electron chi connectivity index (χ3n) is 3.80. The Morgan fingerprint density at radius 2 is 1.36 bits per heavy atom. The highest BCUT2D eigenvalue weighted by Crippen LogP contribution is 2.23. The Morgan fingerprint density at radius 1 is 0.800 bits per heavy atom. The van der Waals surface area contributed by atoms with Gasteiger partial charge in [-0.3, -0.25) is 0 Å². The normalized spacial score (nSPS) is 12.1. The summed E-state index contributed by atoms with van der Waals surface area (Å²) >= 11 is 0. The van der Waals surface area contributed by atoms with Gasteiger partial charge in [0.1, 0.15) is 5.82 Å². The minimum Gasteiger partial charge on any atom is -0.223 e. The van der Waals surface area contributed by atoms with E-state index >= 15 is 0 Å². The largest absolute Gasteiger partial charge is 0.223 e. The van der Waals surface area contributed by atoms with Crippen molar-refractivity contribution in [2.45, 2.75) is 4.90 Å². The second-order valence-corrected chi connectivity index (χ2v) is 7.65. The maximum atomic E-state index is 13.1. The molecule has 3 rings (SSSR count). The van der Waals surface area contributed by atoms with Crippen LogP contribution in [0.1, 0.15) is 11.1 Å². The van der Waals surface area contributed by atoms with Gasteiger partial charge in [0.25, 0.3) is 0 Å². The van der Waals surface area contributed by atoms with Crippen LogP contribution in [0.4, 0.5) is 4.39 Å². The second kappa shape index (κ2) is 7.45. The molecule has 0 unspecified atom stereocenters. The monoisotopic (exact) mass is 352 g/mol. The maximum Gasteiger partial charge on any atom is 0.182 e. The predicted molar refractivity (Wildman–Crippen MR) is 99.2 cm³/mol. The Kier molecular flexibility index (Phi) is 5.10. The molecule has 0 amide bonds. The molecule has 0 aliphatic rings. The average Bonchev–Trinajstić information content (AvgIpc) is 2.64. The number of rotatable bonds is 5. The number of sulfone groups is 1. The molecule has 0 N–H and O–H groups in total. The minimum absolute atomic E-state index is 0.127. The molecule has 0 radical (unpaired) electrons. The first-order valence-electron chi connectivity index (χ1n) is 7.84. The van der Waals surface area contributed by atoms with Crippen molar-refractivity contribution in [3.8, 4) is 0 Å². The lowest BCUT2D eigenvalue weighted by Gasteiger charge is -2.10. The van der Waals surface area contributed by atoms with E-state index in [1.165, 1.54) is 12.1 Å². The van der Waals surface area contributed by atoms with Gasteiger partial charge >= 0.3 is 0 Å². The molecule has 0 aliphatic carbocycles. The van der Waals surface area contributed by atoms with E-state index in [9.17, 15) is 12.8 Å². The van der Waals surface area contributed by atoms with Crippen molar-refractivity contribution in [2.75, 3.05) is 5.75 Å². The Bertz CT molecular complexity index is 961.